The Morgan fingerprint density at radius 2 is 1.60 bits per heavy atom. The van der Waals surface area contributed by atoms with Crippen LogP contribution in [0.3, 0.4) is 0 Å². The fourth-order valence-electron chi connectivity index (χ4n) is 0.892. The van der Waals surface area contributed by atoms with Crippen molar-refractivity contribution in [3.8, 4) is 0 Å². The Kier molecular flexibility index (Phi) is 7.11. The lowest BCUT2D eigenvalue weighted by molar-refractivity contribution is 0.0597. The molecule has 6 heteroatoms. The number of ether oxygens (including phenoxy) is 2. The van der Waals surface area contributed by atoms with Crippen LogP contribution in [0.4, 0.5) is 4.79 Å². The van der Waals surface area contributed by atoms with E-state index in [1.165, 1.54) is 0 Å². The fraction of sp³-hybridized carbons (Fsp3) is 0.889. The summed E-state index contributed by atoms with van der Waals surface area (Å²) in [5.41, 5.74) is 0. The van der Waals surface area contributed by atoms with Crippen LogP contribution < -0.4 is 0 Å². The molecule has 0 bridgehead atoms. The predicted molar refractivity (Wildman–Crippen MR) is 56.5 cm³/mol. The molecule has 15 heavy (non-hydrogen) atoms. The lowest BCUT2D eigenvalue weighted by Gasteiger charge is -2.05. The largest absolute Gasteiger partial charge is 0.508 e. The van der Waals surface area contributed by atoms with E-state index in [0.29, 0.717) is 19.4 Å². The van der Waals surface area contributed by atoms with Crippen molar-refractivity contribution in [1.82, 2.24) is 0 Å². The van der Waals surface area contributed by atoms with Crippen LogP contribution in [0.15, 0.2) is 0 Å². The molecule has 0 atom stereocenters. The molecule has 0 aromatic rings. The Labute approximate surface area is 90.7 Å². The highest BCUT2D eigenvalue weighted by Crippen LogP contribution is 1.95. The molecule has 0 unspecified atom stereocenters. The molecule has 0 heterocycles. The van der Waals surface area contributed by atoms with Gasteiger partial charge in [0.25, 0.3) is 0 Å². The first kappa shape index (κ1) is 14.2. The number of carbonyl (C=O) groups excluding carboxylic acids is 1. The van der Waals surface area contributed by atoms with E-state index in [2.05, 4.69) is 9.47 Å². The summed E-state index contributed by atoms with van der Waals surface area (Å²) in [7, 11) is -3.08. The molecule has 0 aromatic heterocycles. The Bertz CT molecular complexity index is 270. The smallest absolute Gasteiger partial charge is 0.434 e. The first-order chi connectivity index (χ1) is 7.02. The molecular formula is C9H18O5S. The summed E-state index contributed by atoms with van der Waals surface area (Å²) in [6, 6.07) is 0. The normalized spacial score (nSPS) is 11.1. The summed E-state index contributed by atoms with van der Waals surface area (Å²) in [6.07, 6.45) is 0.481. The molecule has 0 N–H and O–H groups in total. The van der Waals surface area contributed by atoms with Gasteiger partial charge in [-0.1, -0.05) is 13.8 Å². The molecule has 0 amide bonds. The zero-order valence-corrected chi connectivity index (χ0v) is 10.0. The molecule has 5 nitrogen and oxygen atoms in total. The van der Waals surface area contributed by atoms with Gasteiger partial charge < -0.3 is 9.47 Å². The lowest BCUT2D eigenvalue weighted by Crippen LogP contribution is -2.18. The topological polar surface area (TPSA) is 69.7 Å². The van der Waals surface area contributed by atoms with Crippen LogP contribution in [0.1, 0.15) is 26.7 Å². The van der Waals surface area contributed by atoms with Crippen LogP contribution in [0.5, 0.6) is 0 Å². The number of carbonyl (C=O) groups is 1. The van der Waals surface area contributed by atoms with Gasteiger partial charge in [-0.3, -0.25) is 0 Å². The second-order valence-corrected chi connectivity index (χ2v) is 5.40. The van der Waals surface area contributed by atoms with Gasteiger partial charge in [0.1, 0.15) is 6.61 Å². The molecule has 0 aliphatic heterocycles. The monoisotopic (exact) mass is 238 g/mol. The maximum Gasteiger partial charge on any atom is 0.508 e. The third-order valence-electron chi connectivity index (χ3n) is 1.55. The van der Waals surface area contributed by atoms with Crippen molar-refractivity contribution >= 4 is 16.0 Å². The van der Waals surface area contributed by atoms with Crippen molar-refractivity contribution in [3.05, 3.63) is 0 Å². The van der Waals surface area contributed by atoms with Gasteiger partial charge in [-0.05, 0) is 12.8 Å². The molecule has 90 valence electrons. The molecule has 0 saturated heterocycles. The van der Waals surface area contributed by atoms with Crippen molar-refractivity contribution < 1.29 is 22.7 Å². The zero-order chi connectivity index (χ0) is 11.7. The maximum atomic E-state index is 11.2. The quantitative estimate of drug-likeness (QED) is 0.626. The van der Waals surface area contributed by atoms with Gasteiger partial charge >= 0.3 is 6.16 Å². The van der Waals surface area contributed by atoms with E-state index < -0.39 is 16.0 Å². The molecule has 0 aliphatic carbocycles. The Hall–Kier alpha value is -0.780. The number of sulfone groups is 1. The highest BCUT2D eigenvalue weighted by atomic mass is 32.2. The van der Waals surface area contributed by atoms with E-state index >= 15 is 0 Å². The summed E-state index contributed by atoms with van der Waals surface area (Å²) < 4.78 is 31.6. The fourth-order valence-corrected chi connectivity index (χ4v) is 2.06. The van der Waals surface area contributed by atoms with Crippen LogP contribution in [0.2, 0.25) is 0 Å². The minimum atomic E-state index is -3.08. The van der Waals surface area contributed by atoms with E-state index in [0.717, 1.165) is 0 Å². The summed E-state index contributed by atoms with van der Waals surface area (Å²) >= 11 is 0. The van der Waals surface area contributed by atoms with Gasteiger partial charge in [0.15, 0.2) is 9.84 Å². The van der Waals surface area contributed by atoms with Crippen LogP contribution in [0.25, 0.3) is 0 Å². The predicted octanol–water partition coefficient (Wildman–Crippen LogP) is 1.37. The highest BCUT2D eigenvalue weighted by Gasteiger charge is 2.11. The zero-order valence-electron chi connectivity index (χ0n) is 9.19. The second kappa shape index (κ2) is 7.50. The Morgan fingerprint density at radius 3 is 2.13 bits per heavy atom. The van der Waals surface area contributed by atoms with Gasteiger partial charge in [0.05, 0.1) is 18.1 Å². The van der Waals surface area contributed by atoms with E-state index in [1.807, 2.05) is 6.92 Å². The highest BCUT2D eigenvalue weighted by molar-refractivity contribution is 7.91. The van der Waals surface area contributed by atoms with Gasteiger partial charge in [-0.25, -0.2) is 13.2 Å². The molecule has 0 spiro atoms. The minimum Gasteiger partial charge on any atom is -0.434 e. The SMILES string of the molecule is CCCOC(=O)OCCS(=O)(=O)CCC. The summed E-state index contributed by atoms with van der Waals surface area (Å²) in [6.45, 7) is 3.80. The van der Waals surface area contributed by atoms with Crippen LogP contribution in [0, 0.1) is 0 Å². The van der Waals surface area contributed by atoms with Crippen molar-refractivity contribution in [2.24, 2.45) is 0 Å². The lowest BCUT2D eigenvalue weighted by atomic mass is 10.5. The number of rotatable bonds is 7. The maximum absolute atomic E-state index is 11.2. The van der Waals surface area contributed by atoms with E-state index in [1.54, 1.807) is 6.92 Å². The Balaban J connectivity index is 3.65. The van der Waals surface area contributed by atoms with Gasteiger partial charge in [0, 0.05) is 0 Å². The van der Waals surface area contributed by atoms with E-state index in [9.17, 15) is 13.2 Å². The average molecular weight is 238 g/mol. The van der Waals surface area contributed by atoms with E-state index in [4.69, 9.17) is 0 Å². The number of hydrogen-bond donors (Lipinski definition) is 0. The number of hydrogen-bond acceptors (Lipinski definition) is 5. The Morgan fingerprint density at radius 1 is 1.00 bits per heavy atom. The third-order valence-corrected chi connectivity index (χ3v) is 3.37. The van der Waals surface area contributed by atoms with Gasteiger partial charge in [-0.2, -0.15) is 0 Å². The molecule has 0 rings (SSSR count). The summed E-state index contributed by atoms with van der Waals surface area (Å²) in [5.74, 6) is -0.0115. The molecule has 0 radical (unpaired) electrons. The summed E-state index contributed by atoms with van der Waals surface area (Å²) in [5, 5.41) is 0. The summed E-state index contributed by atoms with van der Waals surface area (Å²) in [4.78, 5) is 10.8. The first-order valence-electron chi connectivity index (χ1n) is 5.01. The van der Waals surface area contributed by atoms with Crippen molar-refractivity contribution in [2.75, 3.05) is 24.7 Å². The first-order valence-corrected chi connectivity index (χ1v) is 6.84. The third kappa shape index (κ3) is 8.23. The van der Waals surface area contributed by atoms with Gasteiger partial charge in [0.2, 0.25) is 0 Å². The van der Waals surface area contributed by atoms with E-state index in [-0.39, 0.29) is 18.1 Å². The average Bonchev–Trinajstić information content (AvgIpc) is 2.14. The molecular weight excluding hydrogens is 220 g/mol. The van der Waals surface area contributed by atoms with Crippen molar-refractivity contribution in [2.45, 2.75) is 26.7 Å². The molecule has 0 saturated carbocycles. The molecule has 0 aliphatic rings. The van der Waals surface area contributed by atoms with Crippen molar-refractivity contribution in [1.29, 1.82) is 0 Å². The van der Waals surface area contributed by atoms with Crippen LogP contribution in [-0.2, 0) is 19.3 Å². The van der Waals surface area contributed by atoms with Crippen LogP contribution >= 0.6 is 0 Å². The standard InChI is InChI=1S/C9H18O5S/c1-3-5-13-9(10)14-6-8-15(11,12)7-4-2/h3-8H2,1-2H3. The van der Waals surface area contributed by atoms with Crippen LogP contribution in [-0.4, -0.2) is 39.3 Å². The molecule has 0 aromatic carbocycles. The van der Waals surface area contributed by atoms with Crippen molar-refractivity contribution in [3.63, 3.8) is 0 Å². The molecule has 0 fully saturated rings. The minimum absolute atomic E-state index is 0.125. The second-order valence-electron chi connectivity index (χ2n) is 3.10. The van der Waals surface area contributed by atoms with Gasteiger partial charge in [-0.15, -0.1) is 0 Å².